The first-order valence-electron chi connectivity index (χ1n) is 4.30. The van der Waals surface area contributed by atoms with Crippen molar-refractivity contribution in [2.45, 2.75) is 20.0 Å². The van der Waals surface area contributed by atoms with Crippen molar-refractivity contribution in [2.75, 3.05) is 0 Å². The van der Waals surface area contributed by atoms with Crippen LogP contribution in [0.15, 0.2) is 12.1 Å². The van der Waals surface area contributed by atoms with Gasteiger partial charge in [-0.25, -0.2) is 4.79 Å². The fourth-order valence-corrected chi connectivity index (χ4v) is 1.45. The number of hydrogen-bond donors (Lipinski definition) is 1. The van der Waals surface area contributed by atoms with E-state index in [1.54, 1.807) is 13.8 Å². The summed E-state index contributed by atoms with van der Waals surface area (Å²) in [6.07, 6.45) is -0.219. The highest BCUT2D eigenvalue weighted by Gasteiger charge is 2.14. The molecule has 0 bridgehead atoms. The number of phenols is 1. The quantitative estimate of drug-likeness (QED) is 0.818. The van der Waals surface area contributed by atoms with Gasteiger partial charge in [0.2, 0.25) is 0 Å². The molecule has 0 aliphatic rings. The van der Waals surface area contributed by atoms with Gasteiger partial charge in [0, 0.05) is 0 Å². The fraction of sp³-hybridized carbons (Fsp3) is 0.300. The van der Waals surface area contributed by atoms with Crippen molar-refractivity contribution in [1.82, 2.24) is 0 Å². The lowest BCUT2D eigenvalue weighted by molar-refractivity contribution is 0.0378. The maximum atomic E-state index is 11.4. The van der Waals surface area contributed by atoms with Crippen LogP contribution in [-0.4, -0.2) is 17.2 Å². The van der Waals surface area contributed by atoms with Crippen LogP contribution >= 0.6 is 23.2 Å². The third-order valence-electron chi connectivity index (χ3n) is 1.60. The van der Waals surface area contributed by atoms with Crippen LogP contribution in [0.5, 0.6) is 5.75 Å². The number of carbonyl (C=O) groups excluding carboxylic acids is 1. The van der Waals surface area contributed by atoms with E-state index in [-0.39, 0.29) is 27.5 Å². The maximum absolute atomic E-state index is 11.4. The van der Waals surface area contributed by atoms with Gasteiger partial charge < -0.3 is 9.84 Å². The molecule has 1 rings (SSSR count). The number of aromatic hydroxyl groups is 1. The summed E-state index contributed by atoms with van der Waals surface area (Å²) in [4.78, 5) is 11.4. The average molecular weight is 249 g/mol. The van der Waals surface area contributed by atoms with Gasteiger partial charge in [0.25, 0.3) is 0 Å². The van der Waals surface area contributed by atoms with Gasteiger partial charge in [0.05, 0.1) is 21.7 Å². The summed E-state index contributed by atoms with van der Waals surface area (Å²) in [6.45, 7) is 3.48. The Kier molecular flexibility index (Phi) is 3.83. The largest absolute Gasteiger partial charge is 0.505 e. The molecule has 0 aliphatic carbocycles. The zero-order valence-corrected chi connectivity index (χ0v) is 9.76. The molecule has 0 aromatic heterocycles. The minimum Gasteiger partial charge on any atom is -0.505 e. The predicted octanol–water partition coefficient (Wildman–Crippen LogP) is 3.26. The maximum Gasteiger partial charge on any atom is 0.338 e. The summed E-state index contributed by atoms with van der Waals surface area (Å²) in [7, 11) is 0. The van der Waals surface area contributed by atoms with Crippen molar-refractivity contribution in [3.05, 3.63) is 27.7 Å². The molecule has 0 aliphatic heterocycles. The highest BCUT2D eigenvalue weighted by atomic mass is 35.5. The predicted molar refractivity (Wildman–Crippen MR) is 58.7 cm³/mol. The fourth-order valence-electron chi connectivity index (χ4n) is 0.965. The normalized spacial score (nSPS) is 10.5. The molecule has 0 atom stereocenters. The minimum atomic E-state index is -0.520. The number of esters is 1. The molecule has 82 valence electrons. The molecule has 0 saturated carbocycles. The number of carbonyl (C=O) groups is 1. The monoisotopic (exact) mass is 248 g/mol. The smallest absolute Gasteiger partial charge is 0.338 e. The first-order chi connectivity index (χ1) is 6.91. The van der Waals surface area contributed by atoms with Gasteiger partial charge in [-0.15, -0.1) is 0 Å². The van der Waals surface area contributed by atoms with E-state index in [1.807, 2.05) is 0 Å². The topological polar surface area (TPSA) is 46.5 Å². The summed E-state index contributed by atoms with van der Waals surface area (Å²) in [5.41, 5.74) is 0.219. The van der Waals surface area contributed by atoms with Crippen molar-refractivity contribution in [1.29, 1.82) is 0 Å². The second kappa shape index (κ2) is 4.73. The SMILES string of the molecule is CC(C)OC(=O)c1cc(Cl)c(O)c(Cl)c1. The number of ether oxygens (including phenoxy) is 1. The molecule has 15 heavy (non-hydrogen) atoms. The molecule has 1 aromatic carbocycles. The van der Waals surface area contributed by atoms with Crippen molar-refractivity contribution < 1.29 is 14.6 Å². The van der Waals surface area contributed by atoms with Gasteiger partial charge in [-0.3, -0.25) is 0 Å². The minimum absolute atomic E-state index is 0.0261. The molecule has 0 heterocycles. The number of halogens is 2. The van der Waals surface area contributed by atoms with Gasteiger partial charge in [-0.1, -0.05) is 23.2 Å². The zero-order chi connectivity index (χ0) is 11.6. The van der Waals surface area contributed by atoms with Gasteiger partial charge in [0.1, 0.15) is 0 Å². The highest BCUT2D eigenvalue weighted by Crippen LogP contribution is 2.32. The first kappa shape index (κ1) is 12.1. The number of rotatable bonds is 2. The van der Waals surface area contributed by atoms with Crippen LogP contribution in [0.3, 0.4) is 0 Å². The Morgan fingerprint density at radius 2 is 1.80 bits per heavy atom. The zero-order valence-electron chi connectivity index (χ0n) is 8.25. The van der Waals surface area contributed by atoms with Crippen LogP contribution in [0, 0.1) is 0 Å². The summed E-state index contributed by atoms with van der Waals surface area (Å²) in [5.74, 6) is -0.756. The molecule has 0 radical (unpaired) electrons. The Morgan fingerprint density at radius 1 is 1.33 bits per heavy atom. The van der Waals surface area contributed by atoms with Crippen LogP contribution in [0.25, 0.3) is 0 Å². The Morgan fingerprint density at radius 3 is 2.20 bits per heavy atom. The Labute approximate surface area is 97.6 Å². The summed E-state index contributed by atoms with van der Waals surface area (Å²) < 4.78 is 4.95. The van der Waals surface area contributed by atoms with Crippen LogP contribution in [0.1, 0.15) is 24.2 Å². The Balaban J connectivity index is 3.01. The average Bonchev–Trinajstić information content (AvgIpc) is 2.12. The van der Waals surface area contributed by atoms with Crippen molar-refractivity contribution in [2.24, 2.45) is 0 Å². The standard InChI is InChI=1S/C10H10Cl2O3/c1-5(2)15-10(14)6-3-7(11)9(13)8(12)4-6/h3-5,13H,1-2H3. The van der Waals surface area contributed by atoms with Crippen LogP contribution in [-0.2, 0) is 4.74 Å². The Bertz CT molecular complexity index is 365. The highest BCUT2D eigenvalue weighted by molar-refractivity contribution is 6.37. The molecule has 5 heteroatoms. The number of hydrogen-bond acceptors (Lipinski definition) is 3. The second-order valence-electron chi connectivity index (χ2n) is 3.24. The second-order valence-corrected chi connectivity index (χ2v) is 4.06. The third kappa shape index (κ3) is 3.01. The lowest BCUT2D eigenvalue weighted by Crippen LogP contribution is -2.11. The lowest BCUT2D eigenvalue weighted by Gasteiger charge is -2.09. The van der Waals surface area contributed by atoms with E-state index >= 15 is 0 Å². The Hall–Kier alpha value is -0.930. The number of phenolic OH excluding ortho intramolecular Hbond substituents is 1. The molecule has 0 fully saturated rings. The molecule has 0 unspecified atom stereocenters. The van der Waals surface area contributed by atoms with Crippen LogP contribution in [0.4, 0.5) is 0 Å². The van der Waals surface area contributed by atoms with Gasteiger partial charge in [0.15, 0.2) is 5.75 Å². The van der Waals surface area contributed by atoms with Crippen molar-refractivity contribution in [3.8, 4) is 5.75 Å². The molecule has 0 saturated heterocycles. The summed E-state index contributed by atoms with van der Waals surface area (Å²) >= 11 is 11.3. The first-order valence-corrected chi connectivity index (χ1v) is 5.06. The molecule has 0 amide bonds. The van der Waals surface area contributed by atoms with Gasteiger partial charge >= 0.3 is 5.97 Å². The van der Waals surface area contributed by atoms with Gasteiger partial charge in [-0.05, 0) is 26.0 Å². The number of benzene rings is 1. The molecule has 1 N–H and O–H groups in total. The van der Waals surface area contributed by atoms with Gasteiger partial charge in [-0.2, -0.15) is 0 Å². The molecular formula is C10H10Cl2O3. The molecule has 1 aromatic rings. The molecular weight excluding hydrogens is 239 g/mol. The van der Waals surface area contributed by atoms with E-state index in [1.165, 1.54) is 12.1 Å². The summed E-state index contributed by atoms with van der Waals surface area (Å²) in [5, 5.41) is 9.33. The molecule has 0 spiro atoms. The van der Waals surface area contributed by atoms with E-state index in [2.05, 4.69) is 0 Å². The van der Waals surface area contributed by atoms with Crippen molar-refractivity contribution in [3.63, 3.8) is 0 Å². The van der Waals surface area contributed by atoms with Crippen molar-refractivity contribution >= 4 is 29.2 Å². The molecule has 3 nitrogen and oxygen atoms in total. The van der Waals surface area contributed by atoms with E-state index in [0.29, 0.717) is 0 Å². The third-order valence-corrected chi connectivity index (χ3v) is 2.17. The van der Waals surface area contributed by atoms with Crippen LogP contribution in [0.2, 0.25) is 10.0 Å². The van der Waals surface area contributed by atoms with E-state index in [4.69, 9.17) is 27.9 Å². The van der Waals surface area contributed by atoms with Crippen LogP contribution < -0.4 is 0 Å². The summed E-state index contributed by atoms with van der Waals surface area (Å²) in [6, 6.07) is 2.63. The van der Waals surface area contributed by atoms with E-state index < -0.39 is 5.97 Å². The van der Waals surface area contributed by atoms with E-state index in [9.17, 15) is 9.90 Å². The van der Waals surface area contributed by atoms with E-state index in [0.717, 1.165) is 0 Å². The lowest BCUT2D eigenvalue weighted by atomic mass is 10.2.